The van der Waals surface area contributed by atoms with Gasteiger partial charge in [0.2, 0.25) is 0 Å². The van der Waals surface area contributed by atoms with Crippen molar-refractivity contribution in [1.29, 1.82) is 5.26 Å². The molecule has 0 aliphatic heterocycles. The Balaban J connectivity index is 1.97. The van der Waals surface area contributed by atoms with Gasteiger partial charge in [-0.15, -0.1) is 0 Å². The van der Waals surface area contributed by atoms with E-state index < -0.39 is 11.5 Å². The molecule has 0 saturated carbocycles. The minimum atomic E-state index is -0.578. The van der Waals surface area contributed by atoms with Gasteiger partial charge in [0.15, 0.2) is 5.78 Å². The zero-order chi connectivity index (χ0) is 22.9. The summed E-state index contributed by atoms with van der Waals surface area (Å²) in [6.07, 6.45) is 0. The van der Waals surface area contributed by atoms with E-state index >= 15 is 0 Å². The summed E-state index contributed by atoms with van der Waals surface area (Å²) in [4.78, 5) is 37.2. The standard InChI is InChI=1S/C23H22N4O4/c1-13-10-19(16(4)27(13)18-8-6-17(7-9-18)23(30)31-5)21(28)12-26-22(29)20(11-24)14(2)15(3)25-26/h6-10H,12H2,1-5H3. The molecule has 0 N–H and O–H groups in total. The lowest BCUT2D eigenvalue weighted by atomic mass is 10.1. The number of rotatable bonds is 5. The number of ketones is 1. The molecular formula is C23H22N4O4. The number of benzene rings is 1. The van der Waals surface area contributed by atoms with Gasteiger partial charge in [-0.2, -0.15) is 10.4 Å². The van der Waals surface area contributed by atoms with Gasteiger partial charge in [0.25, 0.3) is 5.56 Å². The summed E-state index contributed by atoms with van der Waals surface area (Å²) in [7, 11) is 1.32. The number of hydrogen-bond acceptors (Lipinski definition) is 6. The van der Waals surface area contributed by atoms with Crippen LogP contribution in [0.1, 0.15) is 48.9 Å². The van der Waals surface area contributed by atoms with Crippen LogP contribution in [-0.4, -0.2) is 33.2 Å². The fourth-order valence-corrected chi connectivity index (χ4v) is 3.54. The van der Waals surface area contributed by atoms with Crippen molar-refractivity contribution in [2.75, 3.05) is 7.11 Å². The first kappa shape index (κ1) is 21.7. The summed E-state index contributed by atoms with van der Waals surface area (Å²) in [5.74, 6) is -0.710. The predicted octanol–water partition coefficient (Wildman–Crippen LogP) is 2.81. The van der Waals surface area contributed by atoms with Crippen molar-refractivity contribution in [3.63, 3.8) is 0 Å². The lowest BCUT2D eigenvalue weighted by molar-refractivity contribution is 0.0600. The number of carbonyl (C=O) groups excluding carboxylic acids is 2. The second-order valence-electron chi connectivity index (χ2n) is 7.24. The van der Waals surface area contributed by atoms with E-state index in [-0.39, 0.29) is 17.9 Å². The molecule has 8 nitrogen and oxygen atoms in total. The van der Waals surface area contributed by atoms with Gasteiger partial charge in [-0.05, 0) is 63.6 Å². The molecular weight excluding hydrogens is 396 g/mol. The van der Waals surface area contributed by atoms with E-state index in [2.05, 4.69) is 5.10 Å². The maximum Gasteiger partial charge on any atom is 0.337 e. The number of aromatic nitrogens is 3. The maximum absolute atomic E-state index is 13.0. The SMILES string of the molecule is COC(=O)c1ccc(-n2c(C)cc(C(=O)Cn3nc(C)c(C)c(C#N)c3=O)c2C)cc1. The Labute approximate surface area is 179 Å². The maximum atomic E-state index is 13.0. The fourth-order valence-electron chi connectivity index (χ4n) is 3.54. The van der Waals surface area contributed by atoms with Crippen LogP contribution >= 0.6 is 0 Å². The molecule has 3 aromatic rings. The van der Waals surface area contributed by atoms with Gasteiger partial charge in [-0.25, -0.2) is 9.48 Å². The topological polar surface area (TPSA) is 107 Å². The van der Waals surface area contributed by atoms with Crippen LogP contribution in [0.15, 0.2) is 35.1 Å². The Bertz CT molecular complexity index is 1290. The number of ether oxygens (including phenoxy) is 1. The molecule has 0 amide bonds. The highest BCUT2D eigenvalue weighted by atomic mass is 16.5. The smallest absolute Gasteiger partial charge is 0.337 e. The third kappa shape index (κ3) is 3.90. The number of hydrogen-bond donors (Lipinski definition) is 0. The van der Waals surface area contributed by atoms with E-state index in [0.717, 1.165) is 16.1 Å². The first-order chi connectivity index (χ1) is 14.7. The third-order valence-corrected chi connectivity index (χ3v) is 5.32. The molecule has 0 atom stereocenters. The van der Waals surface area contributed by atoms with Crippen molar-refractivity contribution in [3.05, 3.63) is 80.0 Å². The average molecular weight is 418 g/mol. The molecule has 0 saturated heterocycles. The molecule has 0 bridgehead atoms. The summed E-state index contributed by atoms with van der Waals surface area (Å²) < 4.78 is 7.66. The molecule has 158 valence electrons. The largest absolute Gasteiger partial charge is 0.465 e. The van der Waals surface area contributed by atoms with E-state index in [1.54, 1.807) is 44.2 Å². The molecule has 0 radical (unpaired) electrons. The van der Waals surface area contributed by atoms with Crippen molar-refractivity contribution in [1.82, 2.24) is 14.3 Å². The number of aryl methyl sites for hydroxylation is 2. The number of esters is 1. The van der Waals surface area contributed by atoms with Crippen molar-refractivity contribution in [2.45, 2.75) is 34.2 Å². The van der Waals surface area contributed by atoms with E-state index in [9.17, 15) is 19.6 Å². The van der Waals surface area contributed by atoms with Gasteiger partial charge in [-0.1, -0.05) is 0 Å². The second kappa shape index (κ2) is 8.40. The summed E-state index contributed by atoms with van der Waals surface area (Å²) in [5, 5.41) is 13.4. The molecule has 0 fully saturated rings. The average Bonchev–Trinajstić information content (AvgIpc) is 3.06. The zero-order valence-corrected chi connectivity index (χ0v) is 18.0. The lowest BCUT2D eigenvalue weighted by Gasteiger charge is -2.11. The van der Waals surface area contributed by atoms with Crippen LogP contribution in [-0.2, 0) is 11.3 Å². The van der Waals surface area contributed by atoms with Crippen LogP contribution in [0.5, 0.6) is 0 Å². The Morgan fingerprint density at radius 2 is 1.77 bits per heavy atom. The summed E-state index contributed by atoms with van der Waals surface area (Å²) >= 11 is 0. The van der Waals surface area contributed by atoms with E-state index in [0.29, 0.717) is 28.1 Å². The Hall–Kier alpha value is -3.99. The summed E-state index contributed by atoms with van der Waals surface area (Å²) in [6, 6.07) is 10.5. The van der Waals surface area contributed by atoms with Crippen LogP contribution in [0.2, 0.25) is 0 Å². The molecule has 1 aromatic carbocycles. The minimum Gasteiger partial charge on any atom is -0.465 e. The molecule has 31 heavy (non-hydrogen) atoms. The monoisotopic (exact) mass is 418 g/mol. The first-order valence-electron chi connectivity index (χ1n) is 9.58. The van der Waals surface area contributed by atoms with E-state index in [4.69, 9.17) is 4.74 Å². The normalized spacial score (nSPS) is 10.6. The minimum absolute atomic E-state index is 0.00327. The molecule has 0 aliphatic rings. The van der Waals surface area contributed by atoms with Crippen molar-refractivity contribution < 1.29 is 14.3 Å². The predicted molar refractivity (Wildman–Crippen MR) is 114 cm³/mol. The molecule has 2 aromatic heterocycles. The van der Waals surface area contributed by atoms with Gasteiger partial charge in [0, 0.05) is 22.6 Å². The van der Waals surface area contributed by atoms with Crippen molar-refractivity contribution in [3.8, 4) is 11.8 Å². The van der Waals surface area contributed by atoms with E-state index in [1.165, 1.54) is 7.11 Å². The van der Waals surface area contributed by atoms with Crippen LogP contribution < -0.4 is 5.56 Å². The van der Waals surface area contributed by atoms with Gasteiger partial charge in [-0.3, -0.25) is 9.59 Å². The zero-order valence-electron chi connectivity index (χ0n) is 18.0. The molecule has 0 spiro atoms. The number of carbonyl (C=O) groups is 2. The quantitative estimate of drug-likeness (QED) is 0.466. The number of nitrogens with zero attached hydrogens (tertiary/aromatic N) is 4. The second-order valence-corrected chi connectivity index (χ2v) is 7.24. The number of Topliss-reactive ketones (excluding diaryl/α,β-unsaturated/α-hetero) is 1. The van der Waals surface area contributed by atoms with Crippen molar-refractivity contribution in [2.24, 2.45) is 0 Å². The van der Waals surface area contributed by atoms with E-state index in [1.807, 2.05) is 24.5 Å². The molecule has 8 heteroatoms. The van der Waals surface area contributed by atoms with Crippen LogP contribution in [0.4, 0.5) is 0 Å². The van der Waals surface area contributed by atoms with Gasteiger partial charge in [0.05, 0.1) is 18.4 Å². The lowest BCUT2D eigenvalue weighted by Crippen LogP contribution is -2.30. The Kier molecular flexibility index (Phi) is 5.88. The molecule has 2 heterocycles. The van der Waals surface area contributed by atoms with Crippen LogP contribution in [0, 0.1) is 39.0 Å². The van der Waals surface area contributed by atoms with Crippen LogP contribution in [0.25, 0.3) is 5.69 Å². The Morgan fingerprint density at radius 3 is 2.35 bits per heavy atom. The van der Waals surface area contributed by atoms with Gasteiger partial charge >= 0.3 is 5.97 Å². The van der Waals surface area contributed by atoms with Gasteiger partial charge < -0.3 is 9.30 Å². The highest BCUT2D eigenvalue weighted by molar-refractivity contribution is 5.97. The van der Waals surface area contributed by atoms with Gasteiger partial charge in [0.1, 0.15) is 18.2 Å². The Morgan fingerprint density at radius 1 is 1.13 bits per heavy atom. The third-order valence-electron chi connectivity index (χ3n) is 5.32. The summed E-state index contributed by atoms with van der Waals surface area (Å²) in [5.41, 5.74) is 3.66. The number of methoxy groups -OCH3 is 1. The fraction of sp³-hybridized carbons (Fsp3) is 0.261. The van der Waals surface area contributed by atoms with Crippen molar-refractivity contribution >= 4 is 11.8 Å². The first-order valence-corrected chi connectivity index (χ1v) is 9.58. The molecule has 3 rings (SSSR count). The molecule has 0 unspecified atom stereocenters. The van der Waals surface area contributed by atoms with Crippen LogP contribution in [0.3, 0.4) is 0 Å². The highest BCUT2D eigenvalue weighted by Gasteiger charge is 2.20. The molecule has 0 aliphatic carbocycles. The highest BCUT2D eigenvalue weighted by Crippen LogP contribution is 2.22. The number of nitriles is 1. The summed E-state index contributed by atoms with van der Waals surface area (Å²) in [6.45, 7) is 6.77.